The molecule has 2 N–H and O–H groups in total. The first-order valence-electron chi connectivity index (χ1n) is 7.94. The van der Waals surface area contributed by atoms with Gasteiger partial charge in [0.25, 0.3) is 0 Å². The van der Waals surface area contributed by atoms with Crippen LogP contribution in [-0.2, 0) is 6.18 Å². The van der Waals surface area contributed by atoms with Crippen molar-refractivity contribution >= 4 is 11.5 Å². The van der Waals surface area contributed by atoms with Crippen molar-refractivity contribution in [3.63, 3.8) is 0 Å². The second-order valence-corrected chi connectivity index (χ2v) is 5.68. The van der Waals surface area contributed by atoms with Crippen LogP contribution in [0.4, 0.5) is 19.0 Å². The Morgan fingerprint density at radius 1 is 1.00 bits per heavy atom. The van der Waals surface area contributed by atoms with Gasteiger partial charge in [-0.05, 0) is 36.8 Å². The van der Waals surface area contributed by atoms with Crippen LogP contribution in [0.1, 0.15) is 18.2 Å². The van der Waals surface area contributed by atoms with Crippen molar-refractivity contribution in [2.75, 3.05) is 5.43 Å². The van der Waals surface area contributed by atoms with Crippen LogP contribution in [0.3, 0.4) is 0 Å². The Kier molecular flexibility index (Phi) is 5.07. The molecule has 0 aliphatic heterocycles. The molecule has 0 unspecified atom stereocenters. The minimum Gasteiger partial charge on any atom is -0.508 e. The lowest BCUT2D eigenvalue weighted by molar-refractivity contribution is -0.141. The maximum Gasteiger partial charge on any atom is 0.433 e. The lowest BCUT2D eigenvalue weighted by atomic mass is 10.1. The molecular weight excluding hydrogens is 357 g/mol. The maximum absolute atomic E-state index is 13.2. The van der Waals surface area contributed by atoms with Gasteiger partial charge >= 0.3 is 6.18 Å². The van der Waals surface area contributed by atoms with Crippen LogP contribution in [0.15, 0.2) is 65.8 Å². The quantitative estimate of drug-likeness (QED) is 0.514. The summed E-state index contributed by atoms with van der Waals surface area (Å²) in [6.07, 6.45) is -4.61. The summed E-state index contributed by atoms with van der Waals surface area (Å²) in [6.45, 7) is 1.68. The topological polar surface area (TPSA) is 70.4 Å². The number of anilines is 1. The van der Waals surface area contributed by atoms with E-state index < -0.39 is 11.9 Å². The van der Waals surface area contributed by atoms with Gasteiger partial charge < -0.3 is 5.11 Å². The molecule has 0 spiro atoms. The summed E-state index contributed by atoms with van der Waals surface area (Å²) < 4.78 is 39.6. The Hall–Kier alpha value is -3.42. The molecule has 8 heteroatoms. The summed E-state index contributed by atoms with van der Waals surface area (Å²) in [5, 5.41) is 13.4. The monoisotopic (exact) mass is 372 g/mol. The van der Waals surface area contributed by atoms with Crippen LogP contribution in [-0.4, -0.2) is 20.8 Å². The fourth-order valence-corrected chi connectivity index (χ4v) is 2.27. The van der Waals surface area contributed by atoms with Crippen LogP contribution in [0, 0.1) is 0 Å². The summed E-state index contributed by atoms with van der Waals surface area (Å²) >= 11 is 0. The van der Waals surface area contributed by atoms with Crippen molar-refractivity contribution in [3.05, 3.63) is 71.9 Å². The largest absolute Gasteiger partial charge is 0.508 e. The van der Waals surface area contributed by atoms with E-state index in [2.05, 4.69) is 20.5 Å². The summed E-state index contributed by atoms with van der Waals surface area (Å²) in [5.74, 6) is -0.0163. The summed E-state index contributed by atoms with van der Waals surface area (Å²) in [5.41, 5.74) is 3.18. The summed E-state index contributed by atoms with van der Waals surface area (Å²) in [4.78, 5) is 7.75. The molecule has 0 saturated heterocycles. The Morgan fingerprint density at radius 2 is 1.67 bits per heavy atom. The molecule has 0 amide bonds. The number of alkyl halides is 3. The van der Waals surface area contributed by atoms with Gasteiger partial charge in [-0.25, -0.2) is 9.97 Å². The predicted molar refractivity (Wildman–Crippen MR) is 96.4 cm³/mol. The van der Waals surface area contributed by atoms with Crippen LogP contribution in [0.5, 0.6) is 5.75 Å². The van der Waals surface area contributed by atoms with Crippen molar-refractivity contribution in [1.29, 1.82) is 0 Å². The van der Waals surface area contributed by atoms with Gasteiger partial charge in [-0.2, -0.15) is 18.3 Å². The van der Waals surface area contributed by atoms with Crippen LogP contribution >= 0.6 is 0 Å². The van der Waals surface area contributed by atoms with Crippen LogP contribution in [0.2, 0.25) is 0 Å². The zero-order valence-electron chi connectivity index (χ0n) is 14.2. The smallest absolute Gasteiger partial charge is 0.433 e. The summed E-state index contributed by atoms with van der Waals surface area (Å²) in [6, 6.07) is 15.5. The SMILES string of the molecule is CC(=NNc1cc(C(F)(F)F)nc(-c2ccccc2)n1)c1ccc(O)cc1. The highest BCUT2D eigenvalue weighted by molar-refractivity contribution is 5.99. The number of aromatic nitrogens is 2. The fraction of sp³-hybridized carbons (Fsp3) is 0.105. The van der Waals surface area contributed by atoms with E-state index in [1.165, 1.54) is 12.1 Å². The lowest BCUT2D eigenvalue weighted by Gasteiger charge is -2.11. The second kappa shape index (κ2) is 7.45. The number of phenolic OH excluding ortho intramolecular Hbond substituents is 1. The third kappa shape index (κ3) is 4.60. The van der Waals surface area contributed by atoms with E-state index in [-0.39, 0.29) is 17.4 Å². The standard InChI is InChI=1S/C19H15F3N4O/c1-12(13-7-9-15(27)10-8-13)25-26-17-11-16(19(20,21)22)23-18(24-17)14-5-3-2-4-6-14/h2-11,27H,1H3,(H,23,24,26). The molecule has 0 atom stereocenters. The Morgan fingerprint density at radius 3 is 2.30 bits per heavy atom. The van der Waals surface area contributed by atoms with E-state index in [1.54, 1.807) is 49.4 Å². The number of benzene rings is 2. The highest BCUT2D eigenvalue weighted by Gasteiger charge is 2.33. The molecular formula is C19H15F3N4O. The molecule has 1 aromatic heterocycles. The number of hydrogen-bond acceptors (Lipinski definition) is 5. The molecule has 2 aromatic carbocycles. The first-order chi connectivity index (χ1) is 12.8. The number of phenols is 1. The highest BCUT2D eigenvalue weighted by atomic mass is 19.4. The molecule has 0 fully saturated rings. The van der Waals surface area contributed by atoms with E-state index in [9.17, 15) is 18.3 Å². The summed E-state index contributed by atoms with van der Waals surface area (Å²) in [7, 11) is 0. The van der Waals surface area contributed by atoms with E-state index in [0.29, 0.717) is 16.8 Å². The highest BCUT2D eigenvalue weighted by Crippen LogP contribution is 2.30. The number of hydrogen-bond donors (Lipinski definition) is 2. The molecule has 0 aliphatic rings. The van der Waals surface area contributed by atoms with Crippen molar-refractivity contribution in [2.45, 2.75) is 13.1 Å². The van der Waals surface area contributed by atoms with E-state index >= 15 is 0 Å². The average Bonchev–Trinajstić information content (AvgIpc) is 2.66. The van der Waals surface area contributed by atoms with Crippen molar-refractivity contribution < 1.29 is 18.3 Å². The number of rotatable bonds is 4. The van der Waals surface area contributed by atoms with E-state index in [1.807, 2.05) is 0 Å². The van der Waals surface area contributed by atoms with Crippen LogP contribution < -0.4 is 5.43 Å². The second-order valence-electron chi connectivity index (χ2n) is 5.68. The van der Waals surface area contributed by atoms with Gasteiger partial charge in [0.1, 0.15) is 5.75 Å². The van der Waals surface area contributed by atoms with Crippen molar-refractivity contribution in [3.8, 4) is 17.1 Å². The minimum atomic E-state index is -4.61. The average molecular weight is 372 g/mol. The first-order valence-corrected chi connectivity index (χ1v) is 7.94. The Labute approximate surface area is 153 Å². The molecule has 3 rings (SSSR count). The first kappa shape index (κ1) is 18.4. The molecule has 27 heavy (non-hydrogen) atoms. The van der Waals surface area contributed by atoms with E-state index in [0.717, 1.165) is 6.07 Å². The zero-order valence-corrected chi connectivity index (χ0v) is 14.2. The number of nitrogens with one attached hydrogen (secondary N) is 1. The normalized spacial score (nSPS) is 12.1. The predicted octanol–water partition coefficient (Wildman–Crippen LogP) is 4.70. The number of aromatic hydroxyl groups is 1. The van der Waals surface area contributed by atoms with Crippen molar-refractivity contribution in [2.24, 2.45) is 5.10 Å². The van der Waals surface area contributed by atoms with Crippen molar-refractivity contribution in [1.82, 2.24) is 9.97 Å². The molecule has 5 nitrogen and oxygen atoms in total. The molecule has 3 aromatic rings. The van der Waals surface area contributed by atoms with Gasteiger partial charge in [-0.1, -0.05) is 30.3 Å². The van der Waals surface area contributed by atoms with Gasteiger partial charge in [0.15, 0.2) is 17.3 Å². The number of hydrazone groups is 1. The fourth-order valence-electron chi connectivity index (χ4n) is 2.27. The van der Waals surface area contributed by atoms with Gasteiger partial charge in [-0.15, -0.1) is 0 Å². The van der Waals surface area contributed by atoms with Gasteiger partial charge in [-0.3, -0.25) is 5.43 Å². The maximum atomic E-state index is 13.2. The Bertz CT molecular complexity index is 955. The molecule has 138 valence electrons. The third-order valence-electron chi connectivity index (χ3n) is 3.67. The number of halogens is 3. The minimum absolute atomic E-state index is 0.0505. The molecule has 0 bridgehead atoms. The zero-order chi connectivity index (χ0) is 19.4. The molecule has 0 saturated carbocycles. The van der Waals surface area contributed by atoms with Gasteiger partial charge in [0, 0.05) is 11.6 Å². The van der Waals surface area contributed by atoms with Gasteiger partial charge in [0.05, 0.1) is 5.71 Å². The third-order valence-corrected chi connectivity index (χ3v) is 3.67. The van der Waals surface area contributed by atoms with E-state index in [4.69, 9.17) is 0 Å². The molecule has 1 heterocycles. The number of nitrogens with zero attached hydrogens (tertiary/aromatic N) is 3. The van der Waals surface area contributed by atoms with Crippen LogP contribution in [0.25, 0.3) is 11.4 Å². The Balaban J connectivity index is 1.94. The lowest BCUT2D eigenvalue weighted by Crippen LogP contribution is -2.11. The molecule has 0 radical (unpaired) electrons. The molecule has 0 aliphatic carbocycles. The van der Waals surface area contributed by atoms with Gasteiger partial charge in [0.2, 0.25) is 0 Å².